The summed E-state index contributed by atoms with van der Waals surface area (Å²) in [6, 6.07) is 12.3. The number of piperidine rings is 1. The molecule has 0 saturated carbocycles. The summed E-state index contributed by atoms with van der Waals surface area (Å²) < 4.78 is 13.8. The molecular weight excluding hydrogens is 367 g/mol. The first-order valence-corrected chi connectivity index (χ1v) is 9.90. The van der Waals surface area contributed by atoms with Crippen LogP contribution in [-0.2, 0) is 6.54 Å². The predicted molar refractivity (Wildman–Crippen MR) is 110 cm³/mol. The lowest BCUT2D eigenvalue weighted by molar-refractivity contribution is 0.112. The lowest BCUT2D eigenvalue weighted by Gasteiger charge is -2.32. The lowest BCUT2D eigenvalue weighted by Crippen LogP contribution is -2.32. The van der Waals surface area contributed by atoms with E-state index in [1.807, 2.05) is 24.4 Å². The molecule has 1 aliphatic heterocycles. The standard InChI is InChI=1S/C23H21FN4O/c24-17-2-4-20-19(12-17)18(5-8-25-20)16-6-9-28(10-7-16)13-23-26-21-3-1-15(14-29)11-22(21)27-23/h1-5,8,11-12,14,16H,6-7,9-10,13H2,(H,26,27). The molecule has 0 aliphatic carbocycles. The molecule has 0 atom stereocenters. The van der Waals surface area contributed by atoms with Crippen molar-refractivity contribution in [3.63, 3.8) is 0 Å². The highest BCUT2D eigenvalue weighted by Gasteiger charge is 2.23. The average molecular weight is 388 g/mol. The van der Waals surface area contributed by atoms with Crippen molar-refractivity contribution in [1.82, 2.24) is 19.9 Å². The fourth-order valence-electron chi connectivity index (χ4n) is 4.34. The quantitative estimate of drug-likeness (QED) is 0.525. The van der Waals surface area contributed by atoms with Crippen molar-refractivity contribution < 1.29 is 9.18 Å². The summed E-state index contributed by atoms with van der Waals surface area (Å²) in [4.78, 5) is 25.7. The van der Waals surface area contributed by atoms with Gasteiger partial charge in [-0.25, -0.2) is 9.37 Å². The number of nitrogens with one attached hydrogen (secondary N) is 1. The number of carbonyl (C=O) groups is 1. The van der Waals surface area contributed by atoms with Gasteiger partial charge in [-0.2, -0.15) is 0 Å². The average Bonchev–Trinajstić information content (AvgIpc) is 3.15. The second kappa shape index (κ2) is 7.37. The monoisotopic (exact) mass is 388 g/mol. The Morgan fingerprint density at radius 1 is 1.10 bits per heavy atom. The molecule has 0 radical (unpaired) electrons. The van der Waals surface area contributed by atoms with Gasteiger partial charge in [-0.15, -0.1) is 0 Å². The molecule has 29 heavy (non-hydrogen) atoms. The number of aromatic nitrogens is 3. The van der Waals surface area contributed by atoms with Crippen molar-refractivity contribution in [3.8, 4) is 0 Å². The van der Waals surface area contributed by atoms with Gasteiger partial charge in [-0.05, 0) is 79.9 Å². The van der Waals surface area contributed by atoms with Crippen molar-refractivity contribution in [1.29, 1.82) is 0 Å². The molecule has 1 fully saturated rings. The number of hydrogen-bond donors (Lipinski definition) is 1. The zero-order valence-electron chi connectivity index (χ0n) is 15.9. The van der Waals surface area contributed by atoms with Crippen LogP contribution >= 0.6 is 0 Å². The summed E-state index contributed by atoms with van der Waals surface area (Å²) in [6.45, 7) is 2.67. The Hall–Kier alpha value is -3.12. The van der Waals surface area contributed by atoms with Gasteiger partial charge in [-0.1, -0.05) is 0 Å². The normalized spacial score (nSPS) is 15.9. The Morgan fingerprint density at radius 3 is 2.76 bits per heavy atom. The highest BCUT2D eigenvalue weighted by atomic mass is 19.1. The van der Waals surface area contributed by atoms with Crippen LogP contribution in [0.5, 0.6) is 0 Å². The molecule has 146 valence electrons. The van der Waals surface area contributed by atoms with E-state index in [0.29, 0.717) is 11.5 Å². The highest BCUT2D eigenvalue weighted by molar-refractivity contribution is 5.85. The molecule has 2 aromatic heterocycles. The summed E-state index contributed by atoms with van der Waals surface area (Å²) in [5, 5.41) is 0.925. The molecule has 0 bridgehead atoms. The Balaban J connectivity index is 1.30. The maximum Gasteiger partial charge on any atom is 0.150 e. The molecule has 1 saturated heterocycles. The number of nitrogens with zero attached hydrogens (tertiary/aromatic N) is 3. The first kappa shape index (κ1) is 17.9. The first-order valence-electron chi connectivity index (χ1n) is 9.90. The third kappa shape index (κ3) is 3.51. The van der Waals surface area contributed by atoms with Crippen molar-refractivity contribution in [2.75, 3.05) is 13.1 Å². The highest BCUT2D eigenvalue weighted by Crippen LogP contribution is 2.33. The van der Waals surface area contributed by atoms with Crippen LogP contribution in [0.3, 0.4) is 0 Å². The third-order valence-corrected chi connectivity index (χ3v) is 5.83. The van der Waals surface area contributed by atoms with Crippen LogP contribution in [0, 0.1) is 5.82 Å². The van der Waals surface area contributed by atoms with Crippen LogP contribution in [-0.4, -0.2) is 39.2 Å². The van der Waals surface area contributed by atoms with E-state index in [2.05, 4.69) is 19.9 Å². The summed E-state index contributed by atoms with van der Waals surface area (Å²) in [5.74, 6) is 1.11. The third-order valence-electron chi connectivity index (χ3n) is 5.83. The van der Waals surface area contributed by atoms with Crippen LogP contribution in [0.15, 0.2) is 48.7 Å². The number of carbonyl (C=O) groups excluding carboxylic acids is 1. The van der Waals surface area contributed by atoms with Gasteiger partial charge in [0.1, 0.15) is 17.9 Å². The van der Waals surface area contributed by atoms with Crippen LogP contribution < -0.4 is 0 Å². The van der Waals surface area contributed by atoms with Crippen molar-refractivity contribution >= 4 is 28.2 Å². The number of imidazole rings is 1. The minimum atomic E-state index is -0.216. The number of halogens is 1. The van der Waals surface area contributed by atoms with Gasteiger partial charge in [0.05, 0.1) is 23.1 Å². The van der Waals surface area contributed by atoms with E-state index in [-0.39, 0.29) is 5.82 Å². The molecular formula is C23H21FN4O. The van der Waals surface area contributed by atoms with Crippen LogP contribution in [0.1, 0.15) is 40.5 Å². The van der Waals surface area contributed by atoms with Gasteiger partial charge in [0.25, 0.3) is 0 Å². The number of fused-ring (bicyclic) bond motifs is 2. The summed E-state index contributed by atoms with van der Waals surface area (Å²) >= 11 is 0. The Morgan fingerprint density at radius 2 is 1.93 bits per heavy atom. The first-order chi connectivity index (χ1) is 14.2. The van der Waals surface area contributed by atoms with E-state index in [0.717, 1.165) is 66.5 Å². The SMILES string of the molecule is O=Cc1ccc2nc(CN3CCC(c4ccnc5ccc(F)cc45)CC3)[nH]c2c1. The van der Waals surface area contributed by atoms with Gasteiger partial charge in [-0.3, -0.25) is 14.7 Å². The fraction of sp³-hybridized carbons (Fsp3) is 0.261. The number of hydrogen-bond acceptors (Lipinski definition) is 4. The maximum absolute atomic E-state index is 13.8. The second-order valence-corrected chi connectivity index (χ2v) is 7.69. The molecule has 2 aromatic carbocycles. The number of rotatable bonds is 4. The maximum atomic E-state index is 13.8. The summed E-state index contributed by atoms with van der Waals surface area (Å²) in [5.41, 5.74) is 4.47. The lowest BCUT2D eigenvalue weighted by atomic mass is 9.87. The Kier molecular flexibility index (Phi) is 4.56. The van der Waals surface area contributed by atoms with Crippen LogP contribution in [0.4, 0.5) is 4.39 Å². The molecule has 5 rings (SSSR count). The summed E-state index contributed by atoms with van der Waals surface area (Å²) in [6.07, 6.45) is 4.71. The molecule has 5 nitrogen and oxygen atoms in total. The van der Waals surface area contributed by atoms with E-state index in [1.165, 1.54) is 11.6 Å². The topological polar surface area (TPSA) is 61.9 Å². The van der Waals surface area contributed by atoms with Gasteiger partial charge in [0.15, 0.2) is 0 Å². The number of aldehydes is 1. The van der Waals surface area contributed by atoms with Crippen molar-refractivity contribution in [3.05, 3.63) is 71.4 Å². The fourth-order valence-corrected chi connectivity index (χ4v) is 4.34. The zero-order chi connectivity index (χ0) is 19.8. The molecule has 1 N–H and O–H groups in total. The Labute approximate surface area is 167 Å². The van der Waals surface area contributed by atoms with Gasteiger partial charge < -0.3 is 4.98 Å². The van der Waals surface area contributed by atoms with E-state index in [9.17, 15) is 9.18 Å². The second-order valence-electron chi connectivity index (χ2n) is 7.69. The molecule has 4 aromatic rings. The minimum absolute atomic E-state index is 0.216. The summed E-state index contributed by atoms with van der Waals surface area (Å²) in [7, 11) is 0. The smallest absolute Gasteiger partial charge is 0.150 e. The van der Waals surface area contributed by atoms with Gasteiger partial charge in [0, 0.05) is 17.1 Å². The predicted octanol–water partition coefficient (Wildman–Crippen LogP) is 4.44. The van der Waals surface area contributed by atoms with E-state index < -0.39 is 0 Å². The number of H-pyrrole nitrogens is 1. The van der Waals surface area contributed by atoms with Crippen LogP contribution in [0.25, 0.3) is 21.9 Å². The van der Waals surface area contributed by atoms with E-state index >= 15 is 0 Å². The van der Waals surface area contributed by atoms with E-state index in [4.69, 9.17) is 0 Å². The van der Waals surface area contributed by atoms with Crippen LogP contribution in [0.2, 0.25) is 0 Å². The van der Waals surface area contributed by atoms with E-state index in [1.54, 1.807) is 18.2 Å². The molecule has 1 aliphatic rings. The number of likely N-dealkylation sites (tertiary alicyclic amines) is 1. The van der Waals surface area contributed by atoms with Gasteiger partial charge >= 0.3 is 0 Å². The van der Waals surface area contributed by atoms with Crippen molar-refractivity contribution in [2.24, 2.45) is 0 Å². The molecule has 3 heterocycles. The molecule has 0 amide bonds. The zero-order valence-corrected chi connectivity index (χ0v) is 15.9. The minimum Gasteiger partial charge on any atom is -0.341 e. The molecule has 0 unspecified atom stereocenters. The number of benzene rings is 2. The van der Waals surface area contributed by atoms with Gasteiger partial charge in [0.2, 0.25) is 0 Å². The van der Waals surface area contributed by atoms with Crippen molar-refractivity contribution in [2.45, 2.75) is 25.3 Å². The largest absolute Gasteiger partial charge is 0.341 e. The number of pyridine rings is 1. The molecule has 0 spiro atoms. The number of aromatic amines is 1. The molecule has 6 heteroatoms. The Bertz CT molecular complexity index is 1190.